The average molecular weight is 398 g/mol. The van der Waals surface area contributed by atoms with Gasteiger partial charge in [0.2, 0.25) is 0 Å². The van der Waals surface area contributed by atoms with E-state index in [4.69, 9.17) is 9.47 Å². The molecule has 6 nitrogen and oxygen atoms in total. The third-order valence-corrected chi connectivity index (χ3v) is 5.12. The zero-order valence-corrected chi connectivity index (χ0v) is 17.8. The van der Waals surface area contributed by atoms with Crippen LogP contribution in [0.5, 0.6) is 5.75 Å². The third-order valence-electron chi connectivity index (χ3n) is 5.12. The van der Waals surface area contributed by atoms with Gasteiger partial charge in [-0.3, -0.25) is 4.90 Å². The zero-order valence-electron chi connectivity index (χ0n) is 17.8. The molecule has 156 valence electrons. The van der Waals surface area contributed by atoms with Crippen LogP contribution in [0.3, 0.4) is 0 Å². The first-order valence-electron chi connectivity index (χ1n) is 10.3. The van der Waals surface area contributed by atoms with Crippen LogP contribution in [0.15, 0.2) is 42.6 Å². The summed E-state index contributed by atoms with van der Waals surface area (Å²) < 4.78 is 10.9. The van der Waals surface area contributed by atoms with Crippen LogP contribution in [0.1, 0.15) is 43.1 Å². The molecule has 0 spiro atoms. The standard InChI is InChI=1S/C23H31N3O3/c1-5-28-20-10-8-18(9-11-20)15-26-14-12-19(16-26)25(4)22-21(7-6-13-24-22)23(27)29-17(2)3/h6-11,13,17,19H,5,12,14-16H2,1-4H3. The number of carbonyl (C=O) groups is 1. The SMILES string of the molecule is CCOc1ccc(CN2CCC(N(C)c3ncccc3C(=O)OC(C)C)C2)cc1. The van der Waals surface area contributed by atoms with Crippen LogP contribution in [0, 0.1) is 0 Å². The second kappa shape index (κ2) is 9.74. The minimum absolute atomic E-state index is 0.156. The van der Waals surface area contributed by atoms with E-state index in [0.717, 1.165) is 31.8 Å². The van der Waals surface area contributed by atoms with Crippen LogP contribution in [0.2, 0.25) is 0 Å². The Morgan fingerprint density at radius 3 is 2.72 bits per heavy atom. The molecular formula is C23H31N3O3. The molecule has 2 heterocycles. The quantitative estimate of drug-likeness (QED) is 0.632. The molecule has 1 aliphatic rings. The third kappa shape index (κ3) is 5.48. The highest BCUT2D eigenvalue weighted by molar-refractivity contribution is 5.94. The number of anilines is 1. The van der Waals surface area contributed by atoms with Gasteiger partial charge in [-0.25, -0.2) is 9.78 Å². The summed E-state index contributed by atoms with van der Waals surface area (Å²) in [5, 5.41) is 0. The molecule has 1 fully saturated rings. The van der Waals surface area contributed by atoms with Crippen molar-refractivity contribution in [1.29, 1.82) is 0 Å². The Morgan fingerprint density at radius 1 is 1.28 bits per heavy atom. The van der Waals surface area contributed by atoms with E-state index in [1.165, 1.54) is 5.56 Å². The Labute approximate surface area is 173 Å². The van der Waals surface area contributed by atoms with Crippen molar-refractivity contribution in [2.45, 2.75) is 45.9 Å². The summed E-state index contributed by atoms with van der Waals surface area (Å²) in [6.45, 7) is 9.23. The Bertz CT molecular complexity index is 807. The summed E-state index contributed by atoms with van der Waals surface area (Å²) in [7, 11) is 2.01. The van der Waals surface area contributed by atoms with E-state index in [2.05, 4.69) is 26.9 Å². The van der Waals surface area contributed by atoms with E-state index in [0.29, 0.717) is 24.0 Å². The van der Waals surface area contributed by atoms with Crippen molar-refractivity contribution in [2.75, 3.05) is 31.6 Å². The number of carbonyl (C=O) groups excluding carboxylic acids is 1. The van der Waals surface area contributed by atoms with Crippen molar-refractivity contribution < 1.29 is 14.3 Å². The molecule has 0 N–H and O–H groups in total. The lowest BCUT2D eigenvalue weighted by Gasteiger charge is -2.27. The highest BCUT2D eigenvalue weighted by Gasteiger charge is 2.29. The maximum Gasteiger partial charge on any atom is 0.342 e. The first kappa shape index (κ1) is 21.1. The smallest absolute Gasteiger partial charge is 0.342 e. The minimum atomic E-state index is -0.320. The monoisotopic (exact) mass is 397 g/mol. The number of hydrogen-bond donors (Lipinski definition) is 0. The molecule has 1 saturated heterocycles. The number of rotatable bonds is 8. The van der Waals surface area contributed by atoms with Gasteiger partial charge in [-0.15, -0.1) is 0 Å². The van der Waals surface area contributed by atoms with Gasteiger partial charge in [0.05, 0.1) is 12.7 Å². The molecule has 0 amide bonds. The van der Waals surface area contributed by atoms with Crippen molar-refractivity contribution in [1.82, 2.24) is 9.88 Å². The second-order valence-electron chi connectivity index (χ2n) is 7.69. The highest BCUT2D eigenvalue weighted by atomic mass is 16.5. The summed E-state index contributed by atoms with van der Waals surface area (Å²) in [6, 6.07) is 12.2. The molecule has 1 aromatic carbocycles. The van der Waals surface area contributed by atoms with Gasteiger partial charge in [0.1, 0.15) is 17.1 Å². The number of nitrogens with zero attached hydrogens (tertiary/aromatic N) is 3. The lowest BCUT2D eigenvalue weighted by molar-refractivity contribution is 0.0378. The number of likely N-dealkylation sites (tertiary alicyclic amines) is 1. The van der Waals surface area contributed by atoms with E-state index in [1.54, 1.807) is 18.3 Å². The molecule has 0 radical (unpaired) electrons. The first-order valence-corrected chi connectivity index (χ1v) is 10.3. The number of likely N-dealkylation sites (N-methyl/N-ethyl adjacent to an activating group) is 1. The number of aromatic nitrogens is 1. The summed E-state index contributed by atoms with van der Waals surface area (Å²) in [5.41, 5.74) is 1.80. The second-order valence-corrected chi connectivity index (χ2v) is 7.69. The lowest BCUT2D eigenvalue weighted by Crippen LogP contribution is -2.36. The summed E-state index contributed by atoms with van der Waals surface area (Å²) in [4.78, 5) is 21.5. The molecule has 2 aromatic rings. The van der Waals surface area contributed by atoms with Crippen LogP contribution in [0.25, 0.3) is 0 Å². The predicted molar refractivity (Wildman–Crippen MR) is 114 cm³/mol. The largest absolute Gasteiger partial charge is 0.494 e. The van der Waals surface area contributed by atoms with Crippen molar-refractivity contribution in [3.05, 3.63) is 53.7 Å². The molecule has 0 bridgehead atoms. The summed E-state index contributed by atoms with van der Waals surface area (Å²) in [6.07, 6.45) is 2.60. The van der Waals surface area contributed by atoms with Gasteiger partial charge in [-0.2, -0.15) is 0 Å². The van der Waals surface area contributed by atoms with Gasteiger partial charge in [0.25, 0.3) is 0 Å². The molecular weight excluding hydrogens is 366 g/mol. The van der Waals surface area contributed by atoms with Gasteiger partial charge in [-0.05, 0) is 57.0 Å². The maximum atomic E-state index is 12.5. The van der Waals surface area contributed by atoms with Crippen molar-refractivity contribution in [3.63, 3.8) is 0 Å². The van der Waals surface area contributed by atoms with E-state index in [9.17, 15) is 4.79 Å². The summed E-state index contributed by atoms with van der Waals surface area (Å²) in [5.74, 6) is 1.27. The Hall–Kier alpha value is -2.60. The highest BCUT2D eigenvalue weighted by Crippen LogP contribution is 2.25. The zero-order chi connectivity index (χ0) is 20.8. The Balaban J connectivity index is 1.63. The van der Waals surface area contributed by atoms with Crippen LogP contribution in [0.4, 0.5) is 5.82 Å². The van der Waals surface area contributed by atoms with E-state index in [-0.39, 0.29) is 12.1 Å². The van der Waals surface area contributed by atoms with Crippen molar-refractivity contribution in [3.8, 4) is 5.75 Å². The summed E-state index contributed by atoms with van der Waals surface area (Å²) >= 11 is 0. The van der Waals surface area contributed by atoms with Crippen LogP contribution >= 0.6 is 0 Å². The predicted octanol–water partition coefficient (Wildman–Crippen LogP) is 3.76. The normalized spacial score (nSPS) is 16.8. The Kier molecular flexibility index (Phi) is 7.09. The molecule has 1 aliphatic heterocycles. The fourth-order valence-corrected chi connectivity index (χ4v) is 3.68. The van der Waals surface area contributed by atoms with Gasteiger partial charge < -0.3 is 14.4 Å². The van der Waals surface area contributed by atoms with E-state index in [1.807, 2.05) is 40.0 Å². The fraction of sp³-hybridized carbons (Fsp3) is 0.478. The van der Waals surface area contributed by atoms with Gasteiger partial charge in [0.15, 0.2) is 0 Å². The van der Waals surface area contributed by atoms with Crippen molar-refractivity contribution >= 4 is 11.8 Å². The Morgan fingerprint density at radius 2 is 2.03 bits per heavy atom. The minimum Gasteiger partial charge on any atom is -0.494 e. The average Bonchev–Trinajstić information content (AvgIpc) is 3.17. The number of hydrogen-bond acceptors (Lipinski definition) is 6. The lowest BCUT2D eigenvalue weighted by atomic mass is 10.2. The van der Waals surface area contributed by atoms with E-state index >= 15 is 0 Å². The first-order chi connectivity index (χ1) is 14.0. The molecule has 6 heteroatoms. The molecule has 3 rings (SSSR count). The maximum absolute atomic E-state index is 12.5. The topological polar surface area (TPSA) is 54.9 Å². The molecule has 1 aromatic heterocycles. The van der Waals surface area contributed by atoms with Crippen LogP contribution < -0.4 is 9.64 Å². The van der Waals surface area contributed by atoms with Crippen LogP contribution in [-0.2, 0) is 11.3 Å². The van der Waals surface area contributed by atoms with Crippen LogP contribution in [-0.4, -0.2) is 54.7 Å². The molecule has 1 atom stereocenters. The van der Waals surface area contributed by atoms with Gasteiger partial charge in [0, 0.05) is 38.9 Å². The molecule has 0 aliphatic carbocycles. The molecule has 29 heavy (non-hydrogen) atoms. The number of esters is 1. The number of benzene rings is 1. The van der Waals surface area contributed by atoms with Gasteiger partial charge in [-0.1, -0.05) is 12.1 Å². The van der Waals surface area contributed by atoms with Gasteiger partial charge >= 0.3 is 5.97 Å². The van der Waals surface area contributed by atoms with Crippen molar-refractivity contribution in [2.24, 2.45) is 0 Å². The number of pyridine rings is 1. The number of ether oxygens (including phenoxy) is 2. The van der Waals surface area contributed by atoms with E-state index < -0.39 is 0 Å². The molecule has 0 saturated carbocycles. The molecule has 1 unspecified atom stereocenters. The fourth-order valence-electron chi connectivity index (χ4n) is 3.68.